The third-order valence-corrected chi connectivity index (χ3v) is 2.99. The van der Waals surface area contributed by atoms with Crippen LogP contribution in [0.3, 0.4) is 0 Å². The van der Waals surface area contributed by atoms with Gasteiger partial charge in [-0.1, -0.05) is 18.9 Å². The number of hydrogen-bond donors (Lipinski definition) is 2. The van der Waals surface area contributed by atoms with Crippen LogP contribution >= 0.6 is 0 Å². The van der Waals surface area contributed by atoms with E-state index in [4.69, 9.17) is 5.73 Å². The molecule has 0 bridgehead atoms. The van der Waals surface area contributed by atoms with E-state index in [1.807, 2.05) is 12.1 Å². The fourth-order valence-electron chi connectivity index (χ4n) is 1.97. The smallest absolute Gasteiger partial charge is 0.0578 e. The van der Waals surface area contributed by atoms with E-state index in [1.54, 1.807) is 0 Å². The van der Waals surface area contributed by atoms with Crippen molar-refractivity contribution in [3.8, 4) is 0 Å². The van der Waals surface area contributed by atoms with Crippen LogP contribution in [-0.2, 0) is 0 Å². The zero-order valence-corrected chi connectivity index (χ0v) is 9.59. The van der Waals surface area contributed by atoms with Crippen molar-refractivity contribution in [1.29, 1.82) is 0 Å². The predicted molar refractivity (Wildman–Crippen MR) is 66.0 cm³/mol. The van der Waals surface area contributed by atoms with Crippen LogP contribution in [0.2, 0.25) is 0 Å². The van der Waals surface area contributed by atoms with Crippen LogP contribution in [0.25, 0.3) is 0 Å². The minimum atomic E-state index is 0.529. The van der Waals surface area contributed by atoms with E-state index in [1.165, 1.54) is 24.8 Å². The number of aryl methyl sites for hydroxylation is 1. The van der Waals surface area contributed by atoms with Crippen molar-refractivity contribution in [3.05, 3.63) is 23.8 Å². The van der Waals surface area contributed by atoms with E-state index < -0.39 is 0 Å². The van der Waals surface area contributed by atoms with Gasteiger partial charge in [0.1, 0.15) is 0 Å². The molecular weight excluding hydrogens is 184 g/mol. The van der Waals surface area contributed by atoms with E-state index in [9.17, 15) is 0 Å². The van der Waals surface area contributed by atoms with Crippen LogP contribution in [0.5, 0.6) is 0 Å². The van der Waals surface area contributed by atoms with Gasteiger partial charge in [-0.05, 0) is 43.9 Å². The van der Waals surface area contributed by atoms with Gasteiger partial charge in [-0.2, -0.15) is 0 Å². The highest BCUT2D eigenvalue weighted by atomic mass is 14.9. The van der Waals surface area contributed by atoms with Gasteiger partial charge in [0.05, 0.1) is 11.4 Å². The fraction of sp³-hybridized carbons (Fsp3) is 0.538. The lowest BCUT2D eigenvalue weighted by Gasteiger charge is -2.16. The van der Waals surface area contributed by atoms with Gasteiger partial charge < -0.3 is 11.1 Å². The third-order valence-electron chi connectivity index (χ3n) is 2.99. The first-order chi connectivity index (χ1) is 7.15. The molecule has 0 saturated heterocycles. The Labute approximate surface area is 91.9 Å². The van der Waals surface area contributed by atoms with E-state index in [-0.39, 0.29) is 0 Å². The molecule has 0 aliphatic heterocycles. The van der Waals surface area contributed by atoms with Gasteiger partial charge in [0.2, 0.25) is 0 Å². The highest BCUT2D eigenvalue weighted by Crippen LogP contribution is 2.34. The molecule has 3 N–H and O–H groups in total. The highest BCUT2D eigenvalue weighted by molar-refractivity contribution is 5.67. The molecule has 1 aromatic rings. The molecular formula is C13H20N2. The highest BCUT2D eigenvalue weighted by Gasteiger charge is 2.23. The number of nitrogens with two attached hydrogens (primary N) is 1. The second kappa shape index (κ2) is 4.13. The standard InChI is InChI=1S/C13H20N2/c1-9-3-6-12(14)13(7-9)15-10(2)8-11-4-5-11/h3,6-7,10-11,15H,4-5,8,14H2,1-2H3. The van der Waals surface area contributed by atoms with Gasteiger partial charge in [-0.25, -0.2) is 0 Å². The Balaban J connectivity index is 1.98. The molecule has 1 aromatic carbocycles. The summed E-state index contributed by atoms with van der Waals surface area (Å²) in [5, 5.41) is 3.50. The lowest BCUT2D eigenvalue weighted by Crippen LogP contribution is -2.16. The van der Waals surface area contributed by atoms with Gasteiger partial charge in [0.25, 0.3) is 0 Å². The summed E-state index contributed by atoms with van der Waals surface area (Å²) in [6.07, 6.45) is 4.10. The average molecular weight is 204 g/mol. The second-order valence-electron chi connectivity index (χ2n) is 4.82. The molecule has 2 rings (SSSR count). The van der Waals surface area contributed by atoms with Crippen molar-refractivity contribution in [2.24, 2.45) is 5.92 Å². The summed E-state index contributed by atoms with van der Waals surface area (Å²) in [5.41, 5.74) is 9.11. The van der Waals surface area contributed by atoms with Crippen LogP contribution in [0.15, 0.2) is 18.2 Å². The molecule has 0 heterocycles. The number of hydrogen-bond acceptors (Lipinski definition) is 2. The normalized spacial score (nSPS) is 17.5. The zero-order chi connectivity index (χ0) is 10.8. The Bertz CT molecular complexity index is 342. The Morgan fingerprint density at radius 2 is 2.20 bits per heavy atom. The third kappa shape index (κ3) is 2.88. The Morgan fingerprint density at radius 1 is 1.47 bits per heavy atom. The molecule has 0 amide bonds. The molecule has 1 fully saturated rings. The van der Waals surface area contributed by atoms with Gasteiger partial charge in [-0.15, -0.1) is 0 Å². The van der Waals surface area contributed by atoms with Gasteiger partial charge in [0, 0.05) is 6.04 Å². The van der Waals surface area contributed by atoms with Gasteiger partial charge in [0.15, 0.2) is 0 Å². The van der Waals surface area contributed by atoms with Crippen molar-refractivity contribution in [2.45, 2.75) is 39.2 Å². The zero-order valence-electron chi connectivity index (χ0n) is 9.59. The molecule has 2 nitrogen and oxygen atoms in total. The van der Waals surface area contributed by atoms with Crippen molar-refractivity contribution in [2.75, 3.05) is 11.1 Å². The van der Waals surface area contributed by atoms with Crippen LogP contribution < -0.4 is 11.1 Å². The minimum Gasteiger partial charge on any atom is -0.397 e. The summed E-state index contributed by atoms with van der Waals surface area (Å²) in [4.78, 5) is 0. The van der Waals surface area contributed by atoms with Crippen molar-refractivity contribution >= 4 is 11.4 Å². The Hall–Kier alpha value is -1.18. The van der Waals surface area contributed by atoms with E-state index in [0.717, 1.165) is 17.3 Å². The molecule has 0 aromatic heterocycles. The first-order valence-electron chi connectivity index (χ1n) is 5.78. The largest absolute Gasteiger partial charge is 0.397 e. The molecule has 1 unspecified atom stereocenters. The lowest BCUT2D eigenvalue weighted by atomic mass is 10.1. The molecule has 15 heavy (non-hydrogen) atoms. The molecule has 0 radical (unpaired) electrons. The van der Waals surface area contributed by atoms with Crippen LogP contribution in [0, 0.1) is 12.8 Å². The molecule has 1 saturated carbocycles. The van der Waals surface area contributed by atoms with Crippen molar-refractivity contribution < 1.29 is 0 Å². The molecule has 1 aliphatic rings. The molecule has 0 spiro atoms. The average Bonchev–Trinajstić information content (AvgIpc) is 2.95. The van der Waals surface area contributed by atoms with Crippen molar-refractivity contribution in [3.63, 3.8) is 0 Å². The number of rotatable bonds is 4. The maximum atomic E-state index is 5.92. The van der Waals surface area contributed by atoms with Crippen LogP contribution in [0.1, 0.15) is 31.7 Å². The lowest BCUT2D eigenvalue weighted by molar-refractivity contribution is 0.642. The predicted octanol–water partition coefficient (Wildman–Crippen LogP) is 3.18. The first-order valence-corrected chi connectivity index (χ1v) is 5.78. The minimum absolute atomic E-state index is 0.529. The maximum Gasteiger partial charge on any atom is 0.0578 e. The SMILES string of the molecule is Cc1ccc(N)c(NC(C)CC2CC2)c1. The summed E-state index contributed by atoms with van der Waals surface area (Å²) in [6, 6.07) is 6.67. The fourth-order valence-corrected chi connectivity index (χ4v) is 1.97. The molecule has 2 heteroatoms. The first kappa shape index (κ1) is 10.3. The Kier molecular flexibility index (Phi) is 2.85. The van der Waals surface area contributed by atoms with Gasteiger partial charge >= 0.3 is 0 Å². The number of benzene rings is 1. The summed E-state index contributed by atoms with van der Waals surface area (Å²) in [7, 11) is 0. The quantitative estimate of drug-likeness (QED) is 0.739. The second-order valence-corrected chi connectivity index (χ2v) is 4.82. The number of nitrogens with one attached hydrogen (secondary N) is 1. The summed E-state index contributed by atoms with van der Waals surface area (Å²) in [5.74, 6) is 0.957. The topological polar surface area (TPSA) is 38.0 Å². The summed E-state index contributed by atoms with van der Waals surface area (Å²) in [6.45, 7) is 4.33. The summed E-state index contributed by atoms with van der Waals surface area (Å²) >= 11 is 0. The number of anilines is 2. The molecule has 1 atom stereocenters. The summed E-state index contributed by atoms with van der Waals surface area (Å²) < 4.78 is 0. The number of nitrogen functional groups attached to an aromatic ring is 1. The Morgan fingerprint density at radius 3 is 2.87 bits per heavy atom. The van der Waals surface area contributed by atoms with E-state index in [2.05, 4.69) is 25.2 Å². The maximum absolute atomic E-state index is 5.92. The van der Waals surface area contributed by atoms with Crippen LogP contribution in [0.4, 0.5) is 11.4 Å². The molecule has 1 aliphatic carbocycles. The monoisotopic (exact) mass is 204 g/mol. The molecule has 82 valence electrons. The van der Waals surface area contributed by atoms with Gasteiger partial charge in [-0.3, -0.25) is 0 Å². The van der Waals surface area contributed by atoms with Crippen molar-refractivity contribution in [1.82, 2.24) is 0 Å². The van der Waals surface area contributed by atoms with Crippen LogP contribution in [-0.4, -0.2) is 6.04 Å². The van der Waals surface area contributed by atoms with E-state index in [0.29, 0.717) is 6.04 Å². The van der Waals surface area contributed by atoms with E-state index >= 15 is 0 Å².